The van der Waals surface area contributed by atoms with E-state index in [0.29, 0.717) is 36.8 Å². The van der Waals surface area contributed by atoms with E-state index in [4.69, 9.17) is 9.47 Å². The van der Waals surface area contributed by atoms with Crippen LogP contribution in [0.2, 0.25) is 0 Å². The van der Waals surface area contributed by atoms with Crippen LogP contribution in [0.15, 0.2) is 35.9 Å². The van der Waals surface area contributed by atoms with Gasteiger partial charge < -0.3 is 29.9 Å². The molecular weight excluding hydrogens is 587 g/mol. The molecule has 9 heteroatoms. The van der Waals surface area contributed by atoms with Gasteiger partial charge in [-0.1, -0.05) is 37.8 Å². The fourth-order valence-electron chi connectivity index (χ4n) is 5.67. The van der Waals surface area contributed by atoms with Gasteiger partial charge in [0.1, 0.15) is 18.0 Å². The predicted octanol–water partition coefficient (Wildman–Crippen LogP) is 3.18. The maximum Gasteiger partial charge on any atom is 0.247 e. The summed E-state index contributed by atoms with van der Waals surface area (Å²) in [4.78, 5) is 28.4. The number of nitrogens with zero attached hydrogens (tertiary/aromatic N) is 1. The SMILES string of the molecule is O=C(NCCO)C1=C[C@H](Oc2ccccc2I)[C@@H](O)[C@H](N(C[C@@H]2CCCO2)C(=O)CCC2CCCC2)C1. The van der Waals surface area contributed by atoms with Crippen molar-refractivity contribution in [3.63, 3.8) is 0 Å². The topological polar surface area (TPSA) is 108 Å². The van der Waals surface area contributed by atoms with Crippen molar-refractivity contribution < 1.29 is 29.3 Å². The van der Waals surface area contributed by atoms with E-state index in [0.717, 1.165) is 22.8 Å². The van der Waals surface area contributed by atoms with Crippen molar-refractivity contribution in [3.8, 4) is 5.75 Å². The van der Waals surface area contributed by atoms with Crippen LogP contribution in [-0.4, -0.2) is 77.6 Å². The Morgan fingerprint density at radius 1 is 1.16 bits per heavy atom. The van der Waals surface area contributed by atoms with Crippen molar-refractivity contribution >= 4 is 34.4 Å². The van der Waals surface area contributed by atoms with Gasteiger partial charge in [-0.15, -0.1) is 0 Å². The zero-order chi connectivity index (χ0) is 26.2. The molecule has 2 fully saturated rings. The van der Waals surface area contributed by atoms with Crippen molar-refractivity contribution in [2.24, 2.45) is 5.92 Å². The molecule has 8 nitrogen and oxygen atoms in total. The number of ether oxygens (including phenoxy) is 2. The first-order valence-electron chi connectivity index (χ1n) is 13.6. The lowest BCUT2D eigenvalue weighted by atomic mass is 9.87. The monoisotopic (exact) mass is 626 g/mol. The number of hydrogen-bond acceptors (Lipinski definition) is 6. The van der Waals surface area contributed by atoms with Crippen molar-refractivity contribution in [1.82, 2.24) is 10.2 Å². The Bertz CT molecular complexity index is 944. The van der Waals surface area contributed by atoms with Crippen LogP contribution in [-0.2, 0) is 14.3 Å². The molecule has 0 aromatic heterocycles. The highest BCUT2D eigenvalue weighted by molar-refractivity contribution is 14.1. The second kappa shape index (κ2) is 13.9. The molecule has 1 heterocycles. The predicted molar refractivity (Wildman–Crippen MR) is 148 cm³/mol. The third-order valence-electron chi connectivity index (χ3n) is 7.70. The number of amides is 2. The van der Waals surface area contributed by atoms with Gasteiger partial charge in [0.05, 0.1) is 22.3 Å². The lowest BCUT2D eigenvalue weighted by molar-refractivity contribution is -0.141. The largest absolute Gasteiger partial charge is 0.482 e. The van der Waals surface area contributed by atoms with Gasteiger partial charge in [-0.3, -0.25) is 9.59 Å². The Morgan fingerprint density at radius 3 is 2.65 bits per heavy atom. The third kappa shape index (κ3) is 7.68. The van der Waals surface area contributed by atoms with E-state index in [1.54, 1.807) is 11.0 Å². The van der Waals surface area contributed by atoms with E-state index in [-0.39, 0.29) is 37.5 Å². The second-order valence-electron chi connectivity index (χ2n) is 10.3. The van der Waals surface area contributed by atoms with Gasteiger partial charge in [0.15, 0.2) is 0 Å². The number of rotatable bonds is 11. The Labute approximate surface area is 232 Å². The maximum absolute atomic E-state index is 13.7. The normalized spacial score (nSPS) is 26.1. The van der Waals surface area contributed by atoms with Crippen LogP contribution < -0.4 is 10.1 Å². The summed E-state index contributed by atoms with van der Waals surface area (Å²) in [6.45, 7) is 1.03. The number of carbonyl (C=O) groups excluding carboxylic acids is 2. The molecule has 37 heavy (non-hydrogen) atoms. The highest BCUT2D eigenvalue weighted by Crippen LogP contribution is 2.32. The van der Waals surface area contributed by atoms with Crippen molar-refractivity contribution in [2.75, 3.05) is 26.3 Å². The molecule has 0 unspecified atom stereocenters. The molecule has 3 aliphatic rings. The fraction of sp³-hybridized carbons (Fsp3) is 0.643. The summed E-state index contributed by atoms with van der Waals surface area (Å²) in [6.07, 6.45) is 7.90. The Hall–Kier alpha value is -1.69. The highest BCUT2D eigenvalue weighted by atomic mass is 127. The van der Waals surface area contributed by atoms with Crippen molar-refractivity contribution in [3.05, 3.63) is 39.5 Å². The third-order valence-corrected chi connectivity index (χ3v) is 8.59. The summed E-state index contributed by atoms with van der Waals surface area (Å²) >= 11 is 2.18. The molecule has 2 amide bonds. The van der Waals surface area contributed by atoms with E-state index in [2.05, 4.69) is 27.9 Å². The van der Waals surface area contributed by atoms with Crippen molar-refractivity contribution in [1.29, 1.82) is 0 Å². The molecule has 3 N–H and O–H groups in total. The fourth-order valence-corrected chi connectivity index (χ4v) is 6.18. The van der Waals surface area contributed by atoms with Gasteiger partial charge in [-0.05, 0) is 66.0 Å². The first kappa shape index (κ1) is 28.3. The van der Waals surface area contributed by atoms with Gasteiger partial charge in [-0.25, -0.2) is 0 Å². The smallest absolute Gasteiger partial charge is 0.247 e. The number of benzene rings is 1. The molecule has 4 atom stereocenters. The first-order valence-corrected chi connectivity index (χ1v) is 14.6. The molecular formula is C28H39IN2O6. The van der Waals surface area contributed by atoms with Crippen molar-refractivity contribution in [2.45, 2.75) is 82.1 Å². The van der Waals surface area contributed by atoms with E-state index in [1.165, 1.54) is 25.7 Å². The summed E-state index contributed by atoms with van der Waals surface area (Å²) < 4.78 is 13.0. The number of nitrogens with one attached hydrogen (secondary N) is 1. The summed E-state index contributed by atoms with van der Waals surface area (Å²) in [6, 6.07) is 6.89. The van der Waals surface area contributed by atoms with Gasteiger partial charge in [0, 0.05) is 38.1 Å². The Balaban J connectivity index is 1.58. The number of halogens is 1. The van der Waals surface area contributed by atoms with E-state index in [1.807, 2.05) is 24.3 Å². The first-order chi connectivity index (χ1) is 18.0. The zero-order valence-corrected chi connectivity index (χ0v) is 23.5. The molecule has 0 radical (unpaired) electrons. The molecule has 1 saturated carbocycles. The second-order valence-corrected chi connectivity index (χ2v) is 11.5. The standard InChI is InChI=1S/C28H39IN2O6/c29-22-9-3-4-10-24(22)37-25-17-20(28(35)30-13-14-32)16-23(27(25)34)31(18-21-8-5-15-36-21)26(33)12-11-19-6-1-2-7-19/h3-4,9-10,17,19,21,23,25,27,32,34H,1-2,5-8,11-16,18H2,(H,30,35)/t21-,23+,25-,27-/m0/s1. The van der Waals surface area contributed by atoms with Crippen LogP contribution in [0.5, 0.6) is 5.75 Å². The Morgan fingerprint density at radius 2 is 1.95 bits per heavy atom. The van der Waals surface area contributed by atoms with Gasteiger partial charge in [-0.2, -0.15) is 0 Å². The number of carbonyl (C=O) groups is 2. The minimum absolute atomic E-state index is 0.00323. The number of aliphatic hydroxyl groups excluding tert-OH is 2. The lowest BCUT2D eigenvalue weighted by Gasteiger charge is -2.41. The molecule has 1 saturated heterocycles. The molecule has 1 aromatic rings. The number of aliphatic hydroxyl groups is 2. The highest BCUT2D eigenvalue weighted by Gasteiger charge is 2.41. The van der Waals surface area contributed by atoms with Gasteiger partial charge in [0.2, 0.25) is 11.8 Å². The van der Waals surface area contributed by atoms with E-state index in [9.17, 15) is 19.8 Å². The van der Waals surface area contributed by atoms with E-state index < -0.39 is 18.2 Å². The molecule has 1 aliphatic heterocycles. The number of hydrogen-bond donors (Lipinski definition) is 3. The summed E-state index contributed by atoms with van der Waals surface area (Å²) in [5.74, 6) is 0.868. The average molecular weight is 627 g/mol. The molecule has 0 bridgehead atoms. The minimum atomic E-state index is -1.01. The van der Waals surface area contributed by atoms with Crippen LogP contribution in [0, 0.1) is 9.49 Å². The lowest BCUT2D eigenvalue weighted by Crippen LogP contribution is -2.56. The summed E-state index contributed by atoms with van der Waals surface area (Å²) in [5.41, 5.74) is 0.445. The zero-order valence-electron chi connectivity index (χ0n) is 21.3. The molecule has 4 rings (SSSR count). The number of para-hydroxylation sites is 1. The molecule has 1 aromatic carbocycles. The van der Waals surface area contributed by atoms with Crippen LogP contribution >= 0.6 is 22.6 Å². The quantitative estimate of drug-likeness (QED) is 0.326. The molecule has 204 valence electrons. The van der Waals surface area contributed by atoms with E-state index >= 15 is 0 Å². The van der Waals surface area contributed by atoms with Gasteiger partial charge >= 0.3 is 0 Å². The van der Waals surface area contributed by atoms with Crippen LogP contribution in [0.3, 0.4) is 0 Å². The van der Waals surface area contributed by atoms with Crippen LogP contribution in [0.25, 0.3) is 0 Å². The Kier molecular flexibility index (Phi) is 10.6. The average Bonchev–Trinajstić information content (AvgIpc) is 3.61. The minimum Gasteiger partial charge on any atom is -0.482 e. The summed E-state index contributed by atoms with van der Waals surface area (Å²) in [7, 11) is 0. The summed E-state index contributed by atoms with van der Waals surface area (Å²) in [5, 5.41) is 23.5. The van der Waals surface area contributed by atoms with Gasteiger partial charge in [0.25, 0.3) is 0 Å². The van der Waals surface area contributed by atoms with Crippen LogP contribution in [0.1, 0.15) is 57.8 Å². The van der Waals surface area contributed by atoms with Crippen LogP contribution in [0.4, 0.5) is 0 Å². The maximum atomic E-state index is 13.7. The molecule has 2 aliphatic carbocycles. The molecule has 0 spiro atoms.